The van der Waals surface area contributed by atoms with Crippen LogP contribution < -0.4 is 0 Å². The molecule has 0 atom stereocenters. The predicted octanol–water partition coefficient (Wildman–Crippen LogP) is 2.88. The maximum absolute atomic E-state index is 12.9. The highest BCUT2D eigenvalue weighted by Gasteiger charge is 2.65. The number of hydrogen-bond donors (Lipinski definition) is 0. The lowest BCUT2D eigenvalue weighted by Gasteiger charge is -2.15. The largest absolute Gasteiger partial charge is 0.469 e. The molecule has 134 valence electrons. The summed E-state index contributed by atoms with van der Waals surface area (Å²) in [5.41, 5.74) is -2.50. The van der Waals surface area contributed by atoms with Crippen LogP contribution in [0.2, 0.25) is 0 Å². The van der Waals surface area contributed by atoms with Gasteiger partial charge in [0.25, 0.3) is 5.91 Å². The first-order valence-corrected chi connectivity index (χ1v) is 7.20. The molecule has 1 aliphatic heterocycles. The summed E-state index contributed by atoms with van der Waals surface area (Å²) in [6.45, 7) is 0. The minimum atomic E-state index is -4.61. The van der Waals surface area contributed by atoms with Crippen LogP contribution in [-0.4, -0.2) is 43.4 Å². The SMILES string of the molecule is COC(=O)CC/C=N\N(C)C(=O)c1ccc(C2(C(F)(F)F)N=N2)cc1. The number of esters is 1. The van der Waals surface area contributed by atoms with Gasteiger partial charge in [0.15, 0.2) is 0 Å². The topological polar surface area (TPSA) is 83.7 Å². The Morgan fingerprint density at radius 3 is 2.36 bits per heavy atom. The summed E-state index contributed by atoms with van der Waals surface area (Å²) < 4.78 is 43.2. The smallest absolute Gasteiger partial charge is 0.442 e. The molecule has 25 heavy (non-hydrogen) atoms. The molecule has 0 saturated heterocycles. The first kappa shape index (κ1) is 18.6. The number of carbonyl (C=O) groups is 2. The van der Waals surface area contributed by atoms with E-state index in [1.807, 2.05) is 0 Å². The summed E-state index contributed by atoms with van der Waals surface area (Å²) in [6, 6.07) is 4.84. The molecule has 0 spiro atoms. The molecular formula is C15H15F3N4O3. The fraction of sp³-hybridized carbons (Fsp3) is 0.400. The predicted molar refractivity (Wildman–Crippen MR) is 80.9 cm³/mol. The van der Waals surface area contributed by atoms with Gasteiger partial charge in [-0.2, -0.15) is 18.3 Å². The first-order chi connectivity index (χ1) is 11.7. The maximum Gasteiger partial charge on any atom is 0.442 e. The Balaban J connectivity index is 1.99. The number of ether oxygens (including phenoxy) is 1. The van der Waals surface area contributed by atoms with Gasteiger partial charge in [-0.1, -0.05) is 12.1 Å². The van der Waals surface area contributed by atoms with Crippen LogP contribution in [0.1, 0.15) is 28.8 Å². The Morgan fingerprint density at radius 2 is 1.88 bits per heavy atom. The van der Waals surface area contributed by atoms with Gasteiger partial charge in [-0.15, -0.1) is 10.2 Å². The van der Waals surface area contributed by atoms with Crippen molar-refractivity contribution in [1.82, 2.24) is 5.01 Å². The van der Waals surface area contributed by atoms with Gasteiger partial charge >= 0.3 is 17.8 Å². The van der Waals surface area contributed by atoms with Gasteiger partial charge in [0.2, 0.25) is 0 Å². The number of hydrazone groups is 1. The van der Waals surface area contributed by atoms with E-state index in [0.717, 1.165) is 17.1 Å². The van der Waals surface area contributed by atoms with Crippen LogP contribution in [0.15, 0.2) is 39.6 Å². The van der Waals surface area contributed by atoms with Crippen molar-refractivity contribution in [2.45, 2.75) is 24.7 Å². The zero-order chi connectivity index (χ0) is 18.7. The molecule has 1 aliphatic rings. The average molecular weight is 356 g/mol. The van der Waals surface area contributed by atoms with E-state index in [0.29, 0.717) is 6.42 Å². The van der Waals surface area contributed by atoms with Crippen molar-refractivity contribution in [3.8, 4) is 0 Å². The number of benzene rings is 1. The molecule has 0 N–H and O–H groups in total. The monoisotopic (exact) mass is 356 g/mol. The molecule has 0 saturated carbocycles. The highest BCUT2D eigenvalue weighted by atomic mass is 19.4. The van der Waals surface area contributed by atoms with Gasteiger partial charge in [0.05, 0.1) is 13.5 Å². The number of methoxy groups -OCH3 is 1. The van der Waals surface area contributed by atoms with Crippen LogP contribution in [0.4, 0.5) is 13.2 Å². The maximum atomic E-state index is 12.9. The number of amides is 1. The molecule has 0 aliphatic carbocycles. The van der Waals surface area contributed by atoms with E-state index in [-0.39, 0.29) is 17.5 Å². The second-order valence-corrected chi connectivity index (χ2v) is 5.19. The molecule has 10 heteroatoms. The second kappa shape index (κ2) is 6.99. The van der Waals surface area contributed by atoms with Crippen LogP contribution in [0.3, 0.4) is 0 Å². The summed E-state index contributed by atoms with van der Waals surface area (Å²) in [6.07, 6.45) is -2.81. The zero-order valence-electron chi connectivity index (χ0n) is 13.4. The number of nitrogens with zero attached hydrogens (tertiary/aromatic N) is 4. The number of alkyl halides is 3. The summed E-state index contributed by atoms with van der Waals surface area (Å²) in [7, 11) is 2.66. The van der Waals surface area contributed by atoms with Crippen LogP contribution in [0, 0.1) is 0 Å². The van der Waals surface area contributed by atoms with Gasteiger partial charge in [-0.05, 0) is 18.6 Å². The fourth-order valence-electron chi connectivity index (χ4n) is 1.99. The van der Waals surface area contributed by atoms with Crippen molar-refractivity contribution in [3.05, 3.63) is 35.4 Å². The molecule has 1 heterocycles. The summed E-state index contributed by atoms with van der Waals surface area (Å²) in [5.74, 6) is -0.905. The third-order valence-corrected chi connectivity index (χ3v) is 3.48. The average Bonchev–Trinajstić information content (AvgIpc) is 3.39. The number of halogens is 3. The Labute approximate surface area is 141 Å². The van der Waals surface area contributed by atoms with E-state index in [1.54, 1.807) is 0 Å². The lowest BCUT2D eigenvalue weighted by molar-refractivity contribution is -0.166. The van der Waals surface area contributed by atoms with Crippen molar-refractivity contribution in [1.29, 1.82) is 0 Å². The lowest BCUT2D eigenvalue weighted by Crippen LogP contribution is -2.30. The summed E-state index contributed by atoms with van der Waals surface area (Å²) >= 11 is 0. The number of rotatable bonds is 6. The molecule has 0 radical (unpaired) electrons. The lowest BCUT2D eigenvalue weighted by atomic mass is 10.0. The van der Waals surface area contributed by atoms with Crippen molar-refractivity contribution >= 4 is 18.1 Å². The zero-order valence-corrected chi connectivity index (χ0v) is 13.4. The second-order valence-electron chi connectivity index (χ2n) is 5.19. The van der Waals surface area contributed by atoms with Crippen molar-refractivity contribution in [2.24, 2.45) is 15.3 Å². The van der Waals surface area contributed by atoms with Gasteiger partial charge in [0.1, 0.15) is 0 Å². The van der Waals surface area contributed by atoms with Gasteiger partial charge in [0, 0.05) is 24.4 Å². The van der Waals surface area contributed by atoms with Gasteiger partial charge in [-0.3, -0.25) is 9.59 Å². The molecule has 1 aromatic rings. The first-order valence-electron chi connectivity index (χ1n) is 7.20. The Hall–Kier alpha value is -2.78. The van der Waals surface area contributed by atoms with Crippen molar-refractivity contribution in [2.75, 3.05) is 14.2 Å². The molecule has 1 amide bonds. The quantitative estimate of drug-likeness (QED) is 0.446. The van der Waals surface area contributed by atoms with Crippen molar-refractivity contribution < 1.29 is 27.5 Å². The van der Waals surface area contributed by atoms with E-state index < -0.39 is 23.7 Å². The van der Waals surface area contributed by atoms with Crippen LogP contribution >= 0.6 is 0 Å². The highest BCUT2D eigenvalue weighted by Crippen LogP contribution is 2.52. The van der Waals surface area contributed by atoms with E-state index in [9.17, 15) is 22.8 Å². The molecule has 0 unspecified atom stereocenters. The standard InChI is InChI=1S/C15H15F3N4O3/c1-22(19-9-3-4-12(23)25-2)13(24)10-5-7-11(8-6-10)14(20-21-14)15(16,17)18/h5-9H,3-4H2,1-2H3/b19-9-. The third kappa shape index (κ3) is 4.01. The van der Waals surface area contributed by atoms with E-state index in [2.05, 4.69) is 20.1 Å². The summed E-state index contributed by atoms with van der Waals surface area (Å²) in [5, 5.41) is 11.1. The van der Waals surface area contributed by atoms with Crippen LogP contribution in [0.25, 0.3) is 0 Å². The van der Waals surface area contributed by atoms with E-state index in [4.69, 9.17) is 0 Å². The minimum absolute atomic E-state index is 0.128. The Morgan fingerprint density at radius 1 is 1.28 bits per heavy atom. The van der Waals surface area contributed by atoms with Crippen molar-refractivity contribution in [3.63, 3.8) is 0 Å². The molecular weight excluding hydrogens is 341 g/mol. The fourth-order valence-corrected chi connectivity index (χ4v) is 1.99. The molecule has 1 aromatic carbocycles. The molecule has 0 bridgehead atoms. The van der Waals surface area contributed by atoms with Crippen LogP contribution in [0.5, 0.6) is 0 Å². The van der Waals surface area contributed by atoms with Gasteiger partial charge in [-0.25, -0.2) is 5.01 Å². The molecule has 0 aromatic heterocycles. The third-order valence-electron chi connectivity index (χ3n) is 3.48. The Bertz CT molecular complexity index is 708. The minimum Gasteiger partial charge on any atom is -0.469 e. The normalized spacial score (nSPS) is 15.2. The van der Waals surface area contributed by atoms with Gasteiger partial charge < -0.3 is 4.74 Å². The van der Waals surface area contributed by atoms with E-state index >= 15 is 0 Å². The molecule has 2 rings (SSSR count). The molecule has 0 fully saturated rings. The van der Waals surface area contributed by atoms with E-state index in [1.165, 1.54) is 32.5 Å². The number of hydrogen-bond acceptors (Lipinski definition) is 6. The highest BCUT2D eigenvalue weighted by molar-refractivity contribution is 5.94. The molecule has 7 nitrogen and oxygen atoms in total. The summed E-state index contributed by atoms with van der Waals surface area (Å²) in [4.78, 5) is 23.1. The Kier molecular flexibility index (Phi) is 5.19. The number of carbonyl (C=O) groups excluding carboxylic acids is 2. The van der Waals surface area contributed by atoms with Crippen LogP contribution in [-0.2, 0) is 15.2 Å².